The van der Waals surface area contributed by atoms with E-state index in [1.54, 1.807) is 11.3 Å². The van der Waals surface area contributed by atoms with Gasteiger partial charge < -0.3 is 5.32 Å². The van der Waals surface area contributed by atoms with Crippen LogP contribution in [0.2, 0.25) is 0 Å². The molecular formula is C16H22N2S2. The molecule has 20 heavy (non-hydrogen) atoms. The molecule has 1 unspecified atom stereocenters. The predicted octanol–water partition coefficient (Wildman–Crippen LogP) is 4.51. The van der Waals surface area contributed by atoms with Gasteiger partial charge in [-0.25, -0.2) is 4.98 Å². The number of benzene rings is 1. The zero-order valence-electron chi connectivity index (χ0n) is 12.6. The number of hydrogen-bond acceptors (Lipinski definition) is 4. The second-order valence-electron chi connectivity index (χ2n) is 5.04. The summed E-state index contributed by atoms with van der Waals surface area (Å²) in [4.78, 5) is 4.53. The number of nitrogens with zero attached hydrogens (tertiary/aromatic N) is 1. The van der Waals surface area contributed by atoms with Crippen molar-refractivity contribution in [3.63, 3.8) is 0 Å². The van der Waals surface area contributed by atoms with Gasteiger partial charge in [0.05, 0.1) is 0 Å². The first-order chi connectivity index (χ1) is 9.60. The Morgan fingerprint density at radius 3 is 2.70 bits per heavy atom. The highest BCUT2D eigenvalue weighted by atomic mass is 32.2. The van der Waals surface area contributed by atoms with Crippen LogP contribution in [0.1, 0.15) is 35.3 Å². The third-order valence-electron chi connectivity index (χ3n) is 3.22. The van der Waals surface area contributed by atoms with E-state index in [0.717, 1.165) is 22.3 Å². The average Bonchev–Trinajstić information content (AvgIpc) is 2.81. The molecule has 1 aromatic heterocycles. The SMILES string of the molecule is CCNC(CSc1nc(C)cs1)c1ccc(C)cc1C. The molecule has 1 aromatic carbocycles. The summed E-state index contributed by atoms with van der Waals surface area (Å²) in [5.74, 6) is 1.02. The molecule has 0 saturated heterocycles. The van der Waals surface area contributed by atoms with Crippen LogP contribution in [0.5, 0.6) is 0 Å². The Balaban J connectivity index is 2.09. The Kier molecular flexibility index (Phi) is 5.64. The van der Waals surface area contributed by atoms with Crippen molar-refractivity contribution in [1.82, 2.24) is 10.3 Å². The summed E-state index contributed by atoms with van der Waals surface area (Å²) >= 11 is 3.58. The van der Waals surface area contributed by atoms with Gasteiger partial charge in [0, 0.05) is 22.9 Å². The Morgan fingerprint density at radius 2 is 2.10 bits per heavy atom. The topological polar surface area (TPSA) is 24.9 Å². The molecule has 0 aliphatic carbocycles. The lowest BCUT2D eigenvalue weighted by atomic mass is 10.0. The van der Waals surface area contributed by atoms with Gasteiger partial charge in [-0.05, 0) is 38.4 Å². The zero-order valence-corrected chi connectivity index (χ0v) is 14.2. The number of hydrogen-bond donors (Lipinski definition) is 1. The van der Waals surface area contributed by atoms with Crippen LogP contribution in [0.3, 0.4) is 0 Å². The van der Waals surface area contributed by atoms with Gasteiger partial charge in [0.15, 0.2) is 0 Å². The molecule has 0 saturated carbocycles. The van der Waals surface area contributed by atoms with E-state index in [0.29, 0.717) is 6.04 Å². The summed E-state index contributed by atoms with van der Waals surface area (Å²) in [5, 5.41) is 5.71. The van der Waals surface area contributed by atoms with Crippen LogP contribution in [-0.4, -0.2) is 17.3 Å². The second kappa shape index (κ2) is 7.25. The normalized spacial score (nSPS) is 12.6. The first-order valence-electron chi connectivity index (χ1n) is 6.95. The largest absolute Gasteiger partial charge is 0.309 e. The smallest absolute Gasteiger partial charge is 0.150 e. The highest BCUT2D eigenvalue weighted by Gasteiger charge is 2.14. The van der Waals surface area contributed by atoms with E-state index in [9.17, 15) is 0 Å². The molecule has 108 valence electrons. The van der Waals surface area contributed by atoms with E-state index < -0.39 is 0 Å². The molecule has 4 heteroatoms. The van der Waals surface area contributed by atoms with Crippen molar-refractivity contribution in [3.05, 3.63) is 46.0 Å². The standard InChI is InChI=1S/C16H22N2S2/c1-5-17-15(10-20-16-18-13(4)9-19-16)14-7-6-11(2)8-12(14)3/h6-9,15,17H,5,10H2,1-4H3. The summed E-state index contributed by atoms with van der Waals surface area (Å²) in [6.07, 6.45) is 0. The first kappa shape index (κ1) is 15.5. The van der Waals surface area contributed by atoms with E-state index in [1.807, 2.05) is 18.7 Å². The molecule has 0 spiro atoms. The molecule has 0 amide bonds. The van der Waals surface area contributed by atoms with Crippen molar-refractivity contribution in [2.75, 3.05) is 12.3 Å². The number of nitrogens with one attached hydrogen (secondary N) is 1. The summed E-state index contributed by atoms with van der Waals surface area (Å²) in [5.41, 5.74) is 5.21. The zero-order chi connectivity index (χ0) is 14.5. The number of aromatic nitrogens is 1. The lowest BCUT2D eigenvalue weighted by Gasteiger charge is -2.20. The van der Waals surface area contributed by atoms with Gasteiger partial charge in [-0.3, -0.25) is 0 Å². The molecule has 1 heterocycles. The molecule has 2 aromatic rings. The maximum absolute atomic E-state index is 4.53. The number of rotatable bonds is 6. The fourth-order valence-electron chi connectivity index (χ4n) is 2.27. The van der Waals surface area contributed by atoms with E-state index >= 15 is 0 Å². The summed E-state index contributed by atoms with van der Waals surface area (Å²) < 4.78 is 1.16. The highest BCUT2D eigenvalue weighted by Crippen LogP contribution is 2.28. The molecular weight excluding hydrogens is 284 g/mol. The van der Waals surface area contributed by atoms with Crippen molar-refractivity contribution in [1.29, 1.82) is 0 Å². The fraction of sp³-hybridized carbons (Fsp3) is 0.438. The number of thioether (sulfide) groups is 1. The van der Waals surface area contributed by atoms with Crippen molar-refractivity contribution in [3.8, 4) is 0 Å². The van der Waals surface area contributed by atoms with E-state index in [-0.39, 0.29) is 0 Å². The Bertz CT molecular complexity index is 563. The third kappa shape index (κ3) is 4.08. The third-order valence-corrected chi connectivity index (χ3v) is 5.46. The van der Waals surface area contributed by atoms with Crippen molar-refractivity contribution < 1.29 is 0 Å². The Labute approximate surface area is 130 Å². The first-order valence-corrected chi connectivity index (χ1v) is 8.82. The van der Waals surface area contributed by atoms with Crippen LogP contribution in [0.15, 0.2) is 27.9 Å². The molecule has 0 aliphatic rings. The van der Waals surface area contributed by atoms with Gasteiger partial charge in [-0.15, -0.1) is 11.3 Å². The molecule has 0 radical (unpaired) electrons. The molecule has 0 aliphatic heterocycles. The molecule has 2 nitrogen and oxygen atoms in total. The molecule has 1 atom stereocenters. The summed E-state index contributed by atoms with van der Waals surface area (Å²) in [6.45, 7) is 9.54. The molecule has 2 rings (SSSR count). The highest BCUT2D eigenvalue weighted by molar-refractivity contribution is 8.01. The Morgan fingerprint density at radius 1 is 1.30 bits per heavy atom. The van der Waals surface area contributed by atoms with Crippen LogP contribution < -0.4 is 5.32 Å². The Hall–Kier alpha value is -0.840. The molecule has 0 bridgehead atoms. The summed E-state index contributed by atoms with van der Waals surface area (Å²) in [6, 6.07) is 7.10. The quantitative estimate of drug-likeness (QED) is 0.795. The van der Waals surface area contributed by atoms with Crippen molar-refractivity contribution in [2.45, 2.75) is 38.1 Å². The van der Waals surface area contributed by atoms with Gasteiger partial charge in [-0.2, -0.15) is 0 Å². The van der Waals surface area contributed by atoms with Gasteiger partial charge in [0.2, 0.25) is 0 Å². The maximum atomic E-state index is 4.53. The molecule has 1 N–H and O–H groups in total. The maximum Gasteiger partial charge on any atom is 0.150 e. The fourth-order valence-corrected chi connectivity index (χ4v) is 4.23. The van der Waals surface area contributed by atoms with Crippen molar-refractivity contribution >= 4 is 23.1 Å². The van der Waals surface area contributed by atoms with Gasteiger partial charge in [0.1, 0.15) is 4.34 Å². The second-order valence-corrected chi connectivity index (χ2v) is 7.16. The number of thiazole rings is 1. The predicted molar refractivity (Wildman–Crippen MR) is 89.9 cm³/mol. The number of aryl methyl sites for hydroxylation is 3. The van der Waals surface area contributed by atoms with Crippen molar-refractivity contribution in [2.24, 2.45) is 0 Å². The monoisotopic (exact) mass is 306 g/mol. The van der Waals surface area contributed by atoms with Crippen LogP contribution in [0.25, 0.3) is 0 Å². The van der Waals surface area contributed by atoms with Crippen LogP contribution in [0.4, 0.5) is 0 Å². The van der Waals surface area contributed by atoms with E-state index in [4.69, 9.17) is 0 Å². The van der Waals surface area contributed by atoms with Gasteiger partial charge >= 0.3 is 0 Å². The minimum absolute atomic E-state index is 0.384. The van der Waals surface area contributed by atoms with Crippen LogP contribution in [0, 0.1) is 20.8 Å². The van der Waals surface area contributed by atoms with Crippen LogP contribution in [-0.2, 0) is 0 Å². The lowest BCUT2D eigenvalue weighted by molar-refractivity contribution is 0.603. The minimum Gasteiger partial charge on any atom is -0.309 e. The lowest BCUT2D eigenvalue weighted by Crippen LogP contribution is -2.23. The minimum atomic E-state index is 0.384. The van der Waals surface area contributed by atoms with Crippen LogP contribution >= 0.6 is 23.1 Å². The van der Waals surface area contributed by atoms with E-state index in [1.165, 1.54) is 16.7 Å². The van der Waals surface area contributed by atoms with Gasteiger partial charge in [-0.1, -0.05) is 42.4 Å². The molecule has 0 fully saturated rings. The average molecular weight is 307 g/mol. The summed E-state index contributed by atoms with van der Waals surface area (Å²) in [7, 11) is 0. The van der Waals surface area contributed by atoms with E-state index in [2.05, 4.69) is 54.7 Å². The van der Waals surface area contributed by atoms with Gasteiger partial charge in [0.25, 0.3) is 0 Å².